The first kappa shape index (κ1) is 15.5. The van der Waals surface area contributed by atoms with E-state index in [-0.39, 0.29) is 0 Å². The molecule has 0 radical (unpaired) electrons. The maximum atomic E-state index is 2.34. The Labute approximate surface area is 86.1 Å². The normalized spacial score (nSPS) is 13.2. The Morgan fingerprint density at radius 3 is 1.69 bits per heavy atom. The fourth-order valence-corrected chi connectivity index (χ4v) is 1.72. The van der Waals surface area contributed by atoms with Crippen molar-refractivity contribution >= 4 is 0 Å². The van der Waals surface area contributed by atoms with Crippen molar-refractivity contribution in [2.75, 3.05) is 0 Å². The number of hydrogen-bond acceptors (Lipinski definition) is 0. The lowest BCUT2D eigenvalue weighted by atomic mass is 9.82. The van der Waals surface area contributed by atoms with Gasteiger partial charge in [0.2, 0.25) is 0 Å². The Morgan fingerprint density at radius 2 is 1.46 bits per heavy atom. The Hall–Kier alpha value is 0. The highest BCUT2D eigenvalue weighted by Gasteiger charge is 2.16. The Kier molecular flexibility index (Phi) is 10.2. The number of hydrogen-bond donors (Lipinski definition) is 0. The molecule has 0 aliphatic rings. The van der Waals surface area contributed by atoms with Gasteiger partial charge < -0.3 is 0 Å². The minimum Gasteiger partial charge on any atom is -0.0683 e. The molecule has 82 valence electrons. The van der Waals surface area contributed by atoms with E-state index in [1.54, 1.807) is 0 Å². The molecule has 0 N–H and O–H groups in total. The first-order valence-electron chi connectivity index (χ1n) is 5.99. The van der Waals surface area contributed by atoms with Crippen LogP contribution in [0, 0.1) is 11.3 Å². The van der Waals surface area contributed by atoms with Gasteiger partial charge in [0.15, 0.2) is 0 Å². The zero-order valence-electron chi connectivity index (χ0n) is 10.9. The van der Waals surface area contributed by atoms with Gasteiger partial charge in [0.1, 0.15) is 0 Å². The Balaban J connectivity index is 0. The predicted octanol–water partition coefficient (Wildman–Crippen LogP) is 5.28. The summed E-state index contributed by atoms with van der Waals surface area (Å²) in [5.41, 5.74) is 0.524. The summed E-state index contributed by atoms with van der Waals surface area (Å²) in [5, 5.41) is 0. The van der Waals surface area contributed by atoms with Crippen LogP contribution in [0.25, 0.3) is 0 Å². The summed E-state index contributed by atoms with van der Waals surface area (Å²) in [6.07, 6.45) is 5.49. The molecule has 0 aliphatic carbocycles. The van der Waals surface area contributed by atoms with E-state index in [4.69, 9.17) is 0 Å². The first-order chi connectivity index (χ1) is 5.99. The minimum absolute atomic E-state index is 0.524. The summed E-state index contributed by atoms with van der Waals surface area (Å²) < 4.78 is 0. The van der Waals surface area contributed by atoms with E-state index >= 15 is 0 Å². The largest absolute Gasteiger partial charge is 0.0683 e. The molecule has 0 aromatic carbocycles. The van der Waals surface area contributed by atoms with E-state index in [0.717, 1.165) is 5.92 Å². The number of rotatable bonds is 4. The molecule has 1 atom stereocenters. The van der Waals surface area contributed by atoms with Gasteiger partial charge in [0.25, 0.3) is 0 Å². The Morgan fingerprint density at radius 1 is 1.00 bits per heavy atom. The lowest BCUT2D eigenvalue weighted by Gasteiger charge is -2.24. The van der Waals surface area contributed by atoms with Crippen molar-refractivity contribution < 1.29 is 0 Å². The second kappa shape index (κ2) is 8.59. The van der Waals surface area contributed by atoms with Crippen molar-refractivity contribution in [3.63, 3.8) is 0 Å². The third kappa shape index (κ3) is 12.0. The van der Waals surface area contributed by atoms with Gasteiger partial charge in [-0.05, 0) is 17.8 Å². The van der Waals surface area contributed by atoms with Crippen LogP contribution in [-0.4, -0.2) is 0 Å². The highest BCUT2D eigenvalue weighted by atomic mass is 14.2. The van der Waals surface area contributed by atoms with Crippen molar-refractivity contribution in [3.05, 3.63) is 0 Å². The molecule has 0 aromatic heterocycles. The molecule has 0 saturated heterocycles. The molecular weight excluding hydrogens is 156 g/mol. The van der Waals surface area contributed by atoms with Gasteiger partial charge in [-0.2, -0.15) is 0 Å². The van der Waals surface area contributed by atoms with Gasteiger partial charge in [-0.3, -0.25) is 0 Å². The highest BCUT2D eigenvalue weighted by molar-refractivity contribution is 4.67. The van der Waals surface area contributed by atoms with Crippen molar-refractivity contribution in [2.24, 2.45) is 11.3 Å². The second-order valence-electron chi connectivity index (χ2n) is 4.83. The van der Waals surface area contributed by atoms with E-state index in [1.165, 1.54) is 25.7 Å². The van der Waals surface area contributed by atoms with Crippen LogP contribution in [0.5, 0.6) is 0 Å². The fraction of sp³-hybridized carbons (Fsp3) is 1.00. The molecule has 13 heavy (non-hydrogen) atoms. The van der Waals surface area contributed by atoms with Gasteiger partial charge in [0, 0.05) is 0 Å². The lowest BCUT2D eigenvalue weighted by molar-refractivity contribution is 0.275. The van der Waals surface area contributed by atoms with Crippen molar-refractivity contribution in [3.8, 4) is 0 Å². The molecule has 0 heteroatoms. The molecule has 0 nitrogen and oxygen atoms in total. The van der Waals surface area contributed by atoms with Crippen molar-refractivity contribution in [1.29, 1.82) is 0 Å². The quantitative estimate of drug-likeness (QED) is 0.560. The molecular formula is C13H30. The van der Waals surface area contributed by atoms with Crippen LogP contribution >= 0.6 is 0 Å². The third-order valence-corrected chi connectivity index (χ3v) is 2.18. The average Bonchev–Trinajstić information content (AvgIpc) is 2.05. The molecule has 0 saturated carbocycles. The predicted molar refractivity (Wildman–Crippen MR) is 64.1 cm³/mol. The lowest BCUT2D eigenvalue weighted by Crippen LogP contribution is -2.12. The van der Waals surface area contributed by atoms with Crippen LogP contribution in [0.4, 0.5) is 0 Å². The molecule has 0 fully saturated rings. The monoisotopic (exact) mass is 186 g/mol. The van der Waals surface area contributed by atoms with Crippen LogP contribution in [0.3, 0.4) is 0 Å². The topological polar surface area (TPSA) is 0 Å². The Bertz CT molecular complexity index is 86.7. The summed E-state index contributed by atoms with van der Waals surface area (Å²) in [4.78, 5) is 0. The minimum atomic E-state index is 0.524. The standard InChI is InChI=1S/C11H24.C2H6/c1-6-8-10(7-2)9-11(3,4)5;1-2/h10H,6-9H2,1-5H3;1-2H3. The van der Waals surface area contributed by atoms with Gasteiger partial charge >= 0.3 is 0 Å². The zero-order chi connectivity index (χ0) is 10.9. The van der Waals surface area contributed by atoms with Crippen LogP contribution in [0.1, 0.15) is 74.1 Å². The van der Waals surface area contributed by atoms with E-state index in [0.29, 0.717) is 5.41 Å². The maximum absolute atomic E-state index is 2.34. The van der Waals surface area contributed by atoms with Crippen molar-refractivity contribution in [1.82, 2.24) is 0 Å². The van der Waals surface area contributed by atoms with E-state index in [2.05, 4.69) is 34.6 Å². The highest BCUT2D eigenvalue weighted by Crippen LogP contribution is 2.28. The average molecular weight is 186 g/mol. The first-order valence-corrected chi connectivity index (χ1v) is 5.99. The molecule has 0 amide bonds. The molecule has 0 spiro atoms. The van der Waals surface area contributed by atoms with Crippen LogP contribution in [-0.2, 0) is 0 Å². The molecule has 0 aromatic rings. The molecule has 1 unspecified atom stereocenters. The van der Waals surface area contributed by atoms with Gasteiger partial charge in [-0.1, -0.05) is 67.7 Å². The zero-order valence-corrected chi connectivity index (χ0v) is 10.9. The molecule has 0 heterocycles. The van der Waals surface area contributed by atoms with Crippen molar-refractivity contribution in [2.45, 2.75) is 74.1 Å². The van der Waals surface area contributed by atoms with E-state index in [1.807, 2.05) is 13.8 Å². The van der Waals surface area contributed by atoms with Gasteiger partial charge in [-0.25, -0.2) is 0 Å². The van der Waals surface area contributed by atoms with Crippen LogP contribution in [0.2, 0.25) is 0 Å². The maximum Gasteiger partial charge on any atom is -0.0380 e. The molecule has 0 rings (SSSR count). The van der Waals surface area contributed by atoms with E-state index < -0.39 is 0 Å². The summed E-state index contributed by atoms with van der Waals surface area (Å²) in [7, 11) is 0. The third-order valence-electron chi connectivity index (χ3n) is 2.18. The van der Waals surface area contributed by atoms with Gasteiger partial charge in [-0.15, -0.1) is 0 Å². The van der Waals surface area contributed by atoms with Gasteiger partial charge in [0.05, 0.1) is 0 Å². The molecule has 0 bridgehead atoms. The summed E-state index contributed by atoms with van der Waals surface area (Å²) in [5.74, 6) is 0.958. The van der Waals surface area contributed by atoms with Crippen LogP contribution < -0.4 is 0 Å². The van der Waals surface area contributed by atoms with Crippen LogP contribution in [0.15, 0.2) is 0 Å². The summed E-state index contributed by atoms with van der Waals surface area (Å²) in [6, 6.07) is 0. The molecule has 0 aliphatic heterocycles. The SMILES string of the molecule is CC.CCCC(CC)CC(C)(C)C. The summed E-state index contributed by atoms with van der Waals surface area (Å²) >= 11 is 0. The fourth-order valence-electron chi connectivity index (χ4n) is 1.72. The van der Waals surface area contributed by atoms with E-state index in [9.17, 15) is 0 Å². The summed E-state index contributed by atoms with van der Waals surface area (Å²) in [6.45, 7) is 15.6. The second-order valence-corrected chi connectivity index (χ2v) is 4.83. The smallest absolute Gasteiger partial charge is 0.0380 e.